The van der Waals surface area contributed by atoms with E-state index in [1.807, 2.05) is 0 Å². The largest absolute Gasteiger partial charge is 0.477 e. The van der Waals surface area contributed by atoms with E-state index in [0.29, 0.717) is 0 Å². The number of hydrogen-bond acceptors (Lipinski definition) is 2. The average molecular weight is 378 g/mol. The topological polar surface area (TPSA) is 50.2 Å². The molecule has 0 amide bonds. The van der Waals surface area contributed by atoms with E-state index in [0.717, 1.165) is 6.07 Å². The van der Waals surface area contributed by atoms with Gasteiger partial charge in [-0.3, -0.25) is 0 Å². The van der Waals surface area contributed by atoms with Gasteiger partial charge >= 0.3 is 5.97 Å². The minimum atomic E-state index is -2.71. The molecule has 0 bridgehead atoms. The summed E-state index contributed by atoms with van der Waals surface area (Å²) in [4.78, 5) is 14.1. The van der Waals surface area contributed by atoms with Gasteiger partial charge in [-0.15, -0.1) is 0 Å². The Morgan fingerprint density at radius 1 is 1.64 bits per heavy atom. The Morgan fingerprint density at radius 2 is 2.21 bits per heavy atom. The lowest BCUT2D eigenvalue weighted by Gasteiger charge is -2.05. The molecule has 14 heavy (non-hydrogen) atoms. The zero-order valence-electron chi connectivity index (χ0n) is 6.47. The highest BCUT2D eigenvalue weighted by Gasteiger charge is 2.18. The number of alkyl halides is 2. The lowest BCUT2D eigenvalue weighted by atomic mass is 10.2. The predicted molar refractivity (Wildman–Crippen MR) is 56.6 cm³/mol. The Labute approximate surface area is 99.8 Å². The van der Waals surface area contributed by atoms with Gasteiger partial charge in [0.05, 0.1) is 3.57 Å². The Bertz CT molecular complexity index is 386. The molecule has 76 valence electrons. The van der Waals surface area contributed by atoms with Crippen molar-refractivity contribution < 1.29 is 18.7 Å². The van der Waals surface area contributed by atoms with E-state index in [4.69, 9.17) is 5.11 Å². The summed E-state index contributed by atoms with van der Waals surface area (Å²) in [7, 11) is 0. The number of carboxylic acid groups (broad SMARTS) is 1. The maximum atomic E-state index is 12.4. The zero-order chi connectivity index (χ0) is 10.9. The van der Waals surface area contributed by atoms with E-state index in [1.54, 1.807) is 22.6 Å². The minimum Gasteiger partial charge on any atom is -0.477 e. The van der Waals surface area contributed by atoms with Crippen molar-refractivity contribution >= 4 is 44.5 Å². The number of hydrogen-bond donors (Lipinski definition) is 1. The van der Waals surface area contributed by atoms with Gasteiger partial charge in [-0.2, -0.15) is 0 Å². The molecule has 1 aromatic heterocycles. The number of rotatable bonds is 2. The first kappa shape index (κ1) is 11.8. The molecule has 0 saturated heterocycles. The summed E-state index contributed by atoms with van der Waals surface area (Å²) in [6.45, 7) is 0. The van der Waals surface area contributed by atoms with Crippen LogP contribution in [-0.2, 0) is 0 Å². The second kappa shape index (κ2) is 4.47. The molecule has 1 heterocycles. The molecule has 1 aromatic rings. The van der Waals surface area contributed by atoms with E-state index >= 15 is 0 Å². The van der Waals surface area contributed by atoms with Gasteiger partial charge in [0.15, 0.2) is 0 Å². The van der Waals surface area contributed by atoms with Crippen LogP contribution in [0.5, 0.6) is 0 Å². The van der Waals surface area contributed by atoms with Crippen molar-refractivity contribution in [1.29, 1.82) is 0 Å². The lowest BCUT2D eigenvalue weighted by Crippen LogP contribution is -2.04. The smallest absolute Gasteiger partial charge is 0.354 e. The van der Waals surface area contributed by atoms with E-state index in [-0.39, 0.29) is 13.7 Å². The lowest BCUT2D eigenvalue weighted by molar-refractivity contribution is 0.0689. The highest BCUT2D eigenvalue weighted by atomic mass is 127. The number of halogens is 4. The molecular weight excluding hydrogens is 375 g/mol. The third kappa shape index (κ3) is 2.38. The van der Waals surface area contributed by atoms with E-state index in [9.17, 15) is 13.6 Å². The molecule has 0 atom stereocenters. The Balaban J connectivity index is 3.35. The van der Waals surface area contributed by atoms with Gasteiger partial charge in [0.1, 0.15) is 10.3 Å². The van der Waals surface area contributed by atoms with Crippen LogP contribution in [0.1, 0.15) is 22.5 Å². The second-order valence-electron chi connectivity index (χ2n) is 2.31. The molecule has 7 heteroatoms. The van der Waals surface area contributed by atoms with Crippen molar-refractivity contribution in [2.24, 2.45) is 0 Å². The van der Waals surface area contributed by atoms with Crippen molar-refractivity contribution in [3.05, 3.63) is 25.5 Å². The van der Waals surface area contributed by atoms with E-state index < -0.39 is 18.1 Å². The minimum absolute atomic E-state index is 0.119. The number of pyridine rings is 1. The third-order valence-corrected chi connectivity index (χ3v) is 3.85. The highest BCUT2D eigenvalue weighted by Crippen LogP contribution is 2.29. The van der Waals surface area contributed by atoms with Crippen molar-refractivity contribution in [1.82, 2.24) is 4.98 Å². The molecule has 3 nitrogen and oxygen atoms in total. The van der Waals surface area contributed by atoms with Crippen LogP contribution < -0.4 is 0 Å². The summed E-state index contributed by atoms with van der Waals surface area (Å²) in [5.74, 6) is -1.33. The highest BCUT2D eigenvalue weighted by molar-refractivity contribution is 14.1. The van der Waals surface area contributed by atoms with Gasteiger partial charge in [0.25, 0.3) is 6.43 Å². The van der Waals surface area contributed by atoms with Crippen molar-refractivity contribution in [3.8, 4) is 0 Å². The monoisotopic (exact) mass is 377 g/mol. The first-order valence-electron chi connectivity index (χ1n) is 3.31. The number of nitrogens with zero attached hydrogens (tertiary/aromatic N) is 1. The first-order valence-corrected chi connectivity index (χ1v) is 5.18. The molecule has 0 spiro atoms. The summed E-state index contributed by atoms with van der Waals surface area (Å²) in [5, 5.41) is 8.58. The van der Waals surface area contributed by atoms with Gasteiger partial charge in [-0.05, 0) is 44.6 Å². The van der Waals surface area contributed by atoms with E-state index in [1.165, 1.54) is 0 Å². The molecule has 0 aromatic carbocycles. The van der Waals surface area contributed by atoms with E-state index in [2.05, 4.69) is 20.9 Å². The van der Waals surface area contributed by atoms with Crippen LogP contribution in [0.2, 0.25) is 0 Å². The van der Waals surface area contributed by atoms with Crippen LogP contribution >= 0.6 is 38.5 Å². The molecular formula is C7H3BrF2INO2. The predicted octanol–water partition coefficient (Wildman–Crippen LogP) is 3.08. The van der Waals surface area contributed by atoms with Crippen LogP contribution in [0.15, 0.2) is 10.7 Å². The van der Waals surface area contributed by atoms with Gasteiger partial charge in [-0.25, -0.2) is 18.6 Å². The molecule has 1 rings (SSSR count). The fourth-order valence-electron chi connectivity index (χ4n) is 0.785. The van der Waals surface area contributed by atoms with Gasteiger partial charge in [0.2, 0.25) is 0 Å². The van der Waals surface area contributed by atoms with Crippen LogP contribution in [0, 0.1) is 3.57 Å². The number of carboxylic acids is 1. The maximum absolute atomic E-state index is 12.4. The number of aromatic carboxylic acids is 1. The standard InChI is InChI=1S/C7H3BrF2INO2/c8-5-4(11)2(6(9)10)1-3(12-5)7(13)14/h1,6H,(H,13,14). The summed E-state index contributed by atoms with van der Waals surface area (Å²) >= 11 is 4.60. The molecule has 0 aliphatic carbocycles. The van der Waals surface area contributed by atoms with Gasteiger partial charge in [-0.1, -0.05) is 0 Å². The Kier molecular flexibility index (Phi) is 3.76. The molecule has 0 fully saturated rings. The SMILES string of the molecule is O=C(O)c1cc(C(F)F)c(I)c(Br)n1. The Hall–Kier alpha value is -0.310. The van der Waals surface area contributed by atoms with Crippen LogP contribution in [0.3, 0.4) is 0 Å². The van der Waals surface area contributed by atoms with Crippen LogP contribution in [-0.4, -0.2) is 16.1 Å². The third-order valence-electron chi connectivity index (χ3n) is 1.40. The number of aromatic nitrogens is 1. The van der Waals surface area contributed by atoms with Gasteiger partial charge in [0, 0.05) is 5.56 Å². The molecule has 0 radical (unpaired) electrons. The molecule has 1 N–H and O–H groups in total. The number of carbonyl (C=O) groups is 1. The summed E-state index contributed by atoms with van der Waals surface area (Å²) in [5.41, 5.74) is -0.725. The second-order valence-corrected chi connectivity index (χ2v) is 4.14. The van der Waals surface area contributed by atoms with Crippen molar-refractivity contribution in [2.75, 3.05) is 0 Å². The summed E-state index contributed by atoms with van der Waals surface area (Å²) in [6, 6.07) is 0.875. The molecule has 0 aliphatic rings. The summed E-state index contributed by atoms with van der Waals surface area (Å²) < 4.78 is 25.2. The normalized spacial score (nSPS) is 10.6. The molecule has 0 aliphatic heterocycles. The Morgan fingerprint density at radius 3 is 2.64 bits per heavy atom. The molecule has 0 saturated carbocycles. The maximum Gasteiger partial charge on any atom is 0.354 e. The van der Waals surface area contributed by atoms with Crippen molar-refractivity contribution in [2.45, 2.75) is 6.43 Å². The fourth-order valence-corrected chi connectivity index (χ4v) is 1.72. The quantitative estimate of drug-likeness (QED) is 0.636. The van der Waals surface area contributed by atoms with Gasteiger partial charge < -0.3 is 5.11 Å². The molecule has 0 unspecified atom stereocenters. The summed E-state index contributed by atoms with van der Waals surface area (Å²) in [6.07, 6.45) is -2.71. The zero-order valence-corrected chi connectivity index (χ0v) is 10.2. The van der Waals surface area contributed by atoms with Crippen LogP contribution in [0.25, 0.3) is 0 Å². The first-order chi connectivity index (χ1) is 6.43. The fraction of sp³-hybridized carbons (Fsp3) is 0.143. The van der Waals surface area contributed by atoms with Crippen LogP contribution in [0.4, 0.5) is 8.78 Å². The van der Waals surface area contributed by atoms with Crippen molar-refractivity contribution in [3.63, 3.8) is 0 Å². The average Bonchev–Trinajstić information content (AvgIpc) is 2.08.